The number of carbonyl (C=O) groups excluding carboxylic acids is 1. The summed E-state index contributed by atoms with van der Waals surface area (Å²) in [5, 5.41) is 30.7. The Hall–Kier alpha value is -2.46. The fourth-order valence-electron chi connectivity index (χ4n) is 7.15. The van der Waals surface area contributed by atoms with Gasteiger partial charge in [0.15, 0.2) is 6.29 Å². The normalized spacial score (nSPS) is 20.4. The molecule has 1 aliphatic heterocycles. The van der Waals surface area contributed by atoms with Crippen molar-refractivity contribution in [2.75, 3.05) is 26.4 Å². The first-order valence-corrected chi connectivity index (χ1v) is 26.1. The highest BCUT2D eigenvalue weighted by Gasteiger charge is 2.48. The third-order valence-corrected chi connectivity index (χ3v) is 11.3. The number of allylic oxidation sites excluding steroid dienone is 12. The van der Waals surface area contributed by atoms with Crippen molar-refractivity contribution in [1.29, 1.82) is 0 Å². The van der Waals surface area contributed by atoms with Crippen LogP contribution in [-0.2, 0) is 38.3 Å². The molecule has 370 valence electrons. The van der Waals surface area contributed by atoms with Crippen LogP contribution in [0.15, 0.2) is 72.9 Å². The first-order valence-electron chi connectivity index (χ1n) is 24.7. The van der Waals surface area contributed by atoms with E-state index in [2.05, 4.69) is 90.9 Å². The highest BCUT2D eigenvalue weighted by Crippen LogP contribution is 2.26. The van der Waals surface area contributed by atoms with E-state index in [9.17, 15) is 33.1 Å². The molecule has 0 aliphatic carbocycles. The van der Waals surface area contributed by atoms with Crippen LogP contribution in [0.5, 0.6) is 0 Å². The van der Waals surface area contributed by atoms with Crippen LogP contribution in [-0.4, -0.2) is 97.5 Å². The molecule has 1 saturated heterocycles. The maximum atomic E-state index is 12.9. The van der Waals surface area contributed by atoms with Crippen molar-refractivity contribution in [3.8, 4) is 0 Å². The number of hydrogen-bond acceptors (Lipinski definition) is 11. The minimum atomic E-state index is -5.07. The Balaban J connectivity index is 2.40. The van der Waals surface area contributed by atoms with E-state index >= 15 is 0 Å². The molecule has 0 aromatic carbocycles. The molecule has 4 N–H and O–H groups in total. The second kappa shape index (κ2) is 41.9. The fourth-order valence-corrected chi connectivity index (χ4v) is 7.65. The Morgan fingerprint density at radius 1 is 0.609 bits per heavy atom. The van der Waals surface area contributed by atoms with Crippen molar-refractivity contribution in [2.24, 2.45) is 0 Å². The quantitative estimate of drug-likeness (QED) is 0.0197. The van der Waals surface area contributed by atoms with Gasteiger partial charge in [0.05, 0.1) is 19.8 Å². The van der Waals surface area contributed by atoms with Gasteiger partial charge in [0.1, 0.15) is 30.5 Å². The van der Waals surface area contributed by atoms with Crippen molar-refractivity contribution in [3.05, 3.63) is 72.9 Å². The average Bonchev–Trinajstić information content (AvgIpc) is 3.27. The summed E-state index contributed by atoms with van der Waals surface area (Å²) in [6, 6.07) is 0. The Morgan fingerprint density at radius 3 is 1.58 bits per heavy atom. The van der Waals surface area contributed by atoms with Crippen molar-refractivity contribution in [3.63, 3.8) is 0 Å². The molecule has 0 aromatic rings. The second-order valence-corrected chi connectivity index (χ2v) is 17.7. The number of rotatable bonds is 42. The van der Waals surface area contributed by atoms with E-state index in [0.717, 1.165) is 83.5 Å². The first kappa shape index (κ1) is 59.6. The van der Waals surface area contributed by atoms with Gasteiger partial charge in [-0.1, -0.05) is 183 Å². The molecule has 6 unspecified atom stereocenters. The summed E-state index contributed by atoms with van der Waals surface area (Å²) in [5.41, 5.74) is 0. The zero-order chi connectivity index (χ0) is 46.8. The average molecular weight is 925 g/mol. The number of carbonyl (C=O) groups is 1. The number of ether oxygens (including phenoxy) is 4. The van der Waals surface area contributed by atoms with Gasteiger partial charge in [-0.3, -0.25) is 9.35 Å². The van der Waals surface area contributed by atoms with Crippen molar-refractivity contribution in [1.82, 2.24) is 0 Å². The Bertz CT molecular complexity index is 1390. The number of aliphatic hydroxyl groups is 3. The van der Waals surface area contributed by atoms with E-state index in [1.165, 1.54) is 70.6 Å². The third-order valence-electron chi connectivity index (χ3n) is 10.8. The van der Waals surface area contributed by atoms with E-state index in [0.29, 0.717) is 13.0 Å². The summed E-state index contributed by atoms with van der Waals surface area (Å²) in [4.78, 5) is 12.9. The van der Waals surface area contributed by atoms with E-state index in [1.807, 2.05) is 0 Å². The number of aliphatic hydroxyl groups excluding tert-OH is 3. The van der Waals surface area contributed by atoms with Crippen molar-refractivity contribution in [2.45, 2.75) is 218 Å². The van der Waals surface area contributed by atoms with Crippen molar-refractivity contribution < 1.29 is 56.2 Å². The van der Waals surface area contributed by atoms with Gasteiger partial charge in [0.25, 0.3) is 0 Å². The van der Waals surface area contributed by atoms with Gasteiger partial charge in [0.2, 0.25) is 0 Å². The molecular formula is C51H88O12S. The molecule has 0 spiro atoms. The highest BCUT2D eigenvalue weighted by atomic mass is 32.3. The minimum Gasteiger partial charge on any atom is -0.457 e. The highest BCUT2D eigenvalue weighted by molar-refractivity contribution is 7.80. The summed E-state index contributed by atoms with van der Waals surface area (Å²) < 4.78 is 59.1. The molecule has 1 heterocycles. The summed E-state index contributed by atoms with van der Waals surface area (Å²) in [5.74, 6) is -0.424. The number of unbranched alkanes of at least 4 members (excludes halogenated alkanes) is 17. The second-order valence-electron chi connectivity index (χ2n) is 16.7. The lowest BCUT2D eigenvalue weighted by Crippen LogP contribution is -2.60. The molecule has 0 saturated carbocycles. The van der Waals surface area contributed by atoms with E-state index < -0.39 is 59.8 Å². The maximum absolute atomic E-state index is 12.9. The molecule has 13 heteroatoms. The predicted octanol–water partition coefficient (Wildman–Crippen LogP) is 11.1. The van der Waals surface area contributed by atoms with Crippen LogP contribution in [0.2, 0.25) is 0 Å². The van der Waals surface area contributed by atoms with E-state index in [4.69, 9.17) is 18.9 Å². The third kappa shape index (κ3) is 34.8. The first-order chi connectivity index (χ1) is 31.1. The Morgan fingerprint density at radius 2 is 1.08 bits per heavy atom. The van der Waals surface area contributed by atoms with Gasteiger partial charge in [-0.2, -0.15) is 8.42 Å². The smallest absolute Gasteiger partial charge is 0.397 e. The Kier molecular flexibility index (Phi) is 39.0. The lowest BCUT2D eigenvalue weighted by Gasteiger charge is -2.41. The van der Waals surface area contributed by atoms with Crippen LogP contribution in [0.3, 0.4) is 0 Å². The van der Waals surface area contributed by atoms with E-state index in [-0.39, 0.29) is 19.6 Å². The largest absolute Gasteiger partial charge is 0.457 e. The van der Waals surface area contributed by atoms with Crippen LogP contribution >= 0.6 is 0 Å². The molecular weight excluding hydrogens is 837 g/mol. The summed E-state index contributed by atoms with van der Waals surface area (Å²) in [6.07, 6.45) is 45.0. The maximum Gasteiger partial charge on any atom is 0.397 e. The lowest BCUT2D eigenvalue weighted by atomic mass is 9.99. The van der Waals surface area contributed by atoms with Gasteiger partial charge in [-0.05, 0) is 64.2 Å². The van der Waals surface area contributed by atoms with Crippen LogP contribution in [0.4, 0.5) is 0 Å². The molecule has 0 radical (unpaired) electrons. The Labute approximate surface area is 388 Å². The topological polar surface area (TPSA) is 178 Å². The number of hydrogen-bond donors (Lipinski definition) is 4. The van der Waals surface area contributed by atoms with Gasteiger partial charge in [0, 0.05) is 13.0 Å². The summed E-state index contributed by atoms with van der Waals surface area (Å²) in [7, 11) is -5.07. The van der Waals surface area contributed by atoms with Crippen LogP contribution in [0.25, 0.3) is 0 Å². The summed E-state index contributed by atoms with van der Waals surface area (Å²) >= 11 is 0. The SMILES string of the molecule is CC/C=C\C/C=C\C/C=C\C/C=C\C/C=C\C/C=C\CCCCCCC(=O)OC(COCCCCCCCCCCCCCCCC)COC1OC(CO)C(O)C(OS(=O)(=O)O)C1O. The van der Waals surface area contributed by atoms with E-state index in [1.54, 1.807) is 0 Å². The number of esters is 1. The van der Waals surface area contributed by atoms with Crippen LogP contribution in [0.1, 0.15) is 181 Å². The van der Waals surface area contributed by atoms with Gasteiger partial charge in [-0.25, -0.2) is 4.18 Å². The standard InChI is InChI=1S/C51H88O12S/c1-3-5-7-9-11-13-15-17-19-20-21-22-23-24-25-26-27-28-30-32-34-36-38-40-47(53)61-45(43-59-41-39-37-35-33-31-29-18-16-14-12-10-8-6-4-2)44-60-51-49(55)50(63-64(56,57)58)48(54)46(42-52)62-51/h5,7,11,13,17,19,21-22,24-25,27-28,45-46,48-52,54-55H,3-4,6,8-10,12,14-16,18,20,23,26,29-44H2,1-2H3,(H,56,57,58)/b7-5-,13-11-,19-17-,22-21-,25-24-,28-27-. The lowest BCUT2D eigenvalue weighted by molar-refractivity contribution is -0.301. The van der Waals surface area contributed by atoms with Crippen molar-refractivity contribution >= 4 is 16.4 Å². The minimum absolute atomic E-state index is 0.0238. The zero-order valence-electron chi connectivity index (χ0n) is 39.6. The molecule has 0 aromatic heterocycles. The van der Waals surface area contributed by atoms with Crippen LogP contribution in [0, 0.1) is 0 Å². The van der Waals surface area contributed by atoms with Crippen LogP contribution < -0.4 is 0 Å². The molecule has 1 rings (SSSR count). The molecule has 12 nitrogen and oxygen atoms in total. The monoisotopic (exact) mass is 925 g/mol. The molecule has 1 fully saturated rings. The van der Waals surface area contributed by atoms with Gasteiger partial charge >= 0.3 is 16.4 Å². The summed E-state index contributed by atoms with van der Waals surface area (Å²) in [6.45, 7) is 3.85. The zero-order valence-corrected chi connectivity index (χ0v) is 40.4. The molecule has 6 atom stereocenters. The van der Waals surface area contributed by atoms with Gasteiger partial charge in [-0.15, -0.1) is 0 Å². The fraction of sp³-hybridized carbons (Fsp3) is 0.745. The molecule has 1 aliphatic rings. The molecule has 0 amide bonds. The molecule has 0 bridgehead atoms. The van der Waals surface area contributed by atoms with Gasteiger partial charge < -0.3 is 34.3 Å². The molecule has 64 heavy (non-hydrogen) atoms. The predicted molar refractivity (Wildman–Crippen MR) is 257 cm³/mol.